The van der Waals surface area contributed by atoms with Gasteiger partial charge in [-0.1, -0.05) is 76.9 Å². The summed E-state index contributed by atoms with van der Waals surface area (Å²) in [5, 5.41) is 28.7. The zero-order chi connectivity index (χ0) is 36.3. The van der Waals surface area contributed by atoms with Gasteiger partial charge in [0.05, 0.1) is 15.5 Å². The van der Waals surface area contributed by atoms with E-state index in [0.29, 0.717) is 47.8 Å². The first kappa shape index (κ1) is 41.8. The Morgan fingerprint density at radius 2 is 1.47 bits per heavy atom. The quantitative estimate of drug-likeness (QED) is 0.0633. The van der Waals surface area contributed by atoms with Crippen LogP contribution in [0.5, 0.6) is 5.75 Å². The van der Waals surface area contributed by atoms with E-state index in [-0.39, 0.29) is 48.0 Å². The number of rotatable bonds is 24. The Hall–Kier alpha value is -3.32. The van der Waals surface area contributed by atoms with E-state index < -0.39 is 29.9 Å². The number of phenols is 1. The molecule has 2 amide bonds. The van der Waals surface area contributed by atoms with Crippen LogP contribution in [0.4, 0.5) is 0 Å². The van der Waals surface area contributed by atoms with Crippen LogP contribution in [-0.4, -0.2) is 64.2 Å². The van der Waals surface area contributed by atoms with Crippen molar-refractivity contribution in [3.63, 3.8) is 0 Å². The molecule has 0 radical (unpaired) electrons. The topological polar surface area (TPSA) is 162 Å². The molecule has 11 heteroatoms. The highest BCUT2D eigenvalue weighted by atomic mass is 127. The Kier molecular flexibility index (Phi) is 19.1. The lowest BCUT2D eigenvalue weighted by Crippen LogP contribution is -2.46. The number of ketones is 2. The van der Waals surface area contributed by atoms with Gasteiger partial charge in [-0.15, -0.1) is 0 Å². The molecule has 270 valence electrons. The summed E-state index contributed by atoms with van der Waals surface area (Å²) in [7, 11) is 0. The second-order valence-electron chi connectivity index (χ2n) is 13.3. The Labute approximate surface area is 304 Å². The summed E-state index contributed by atoms with van der Waals surface area (Å²) in [6.45, 7) is 8.09. The van der Waals surface area contributed by atoms with Crippen LogP contribution in [0.15, 0.2) is 48.5 Å². The fraction of sp³-hybridized carbons (Fsp3) is 0.553. The predicted molar refractivity (Wildman–Crippen MR) is 199 cm³/mol. The van der Waals surface area contributed by atoms with E-state index >= 15 is 0 Å². The SMILES string of the molecule is CC(C)N[C@H](Cc1ccc(O)c(I)c1)C(=O)CC(C(=O)N[C@H](CCCCNC(=O)CCCCCCC(=O)C(C)C)C(=O)O)c1ccccc1. The number of phenolic OH excluding ortho intramolecular Hbond substituents is 1. The standard InChI is InChI=1S/C38H54IN3O7/c1-25(2)33(43)17-10-5-6-11-18-36(46)40-21-13-12-16-31(38(48)49)42-37(47)29(28-14-8-7-9-15-28)24-35(45)32(41-26(3)4)23-27-19-20-34(44)30(39)22-27/h7-9,14-15,19-20,22,25-26,29,31-32,41,44H,5-6,10-13,16-18,21,23-24H2,1-4H3,(H,40,46)(H,42,47)(H,48,49)/t29?,31-,32-/m1/s1. The first-order valence-corrected chi connectivity index (χ1v) is 18.5. The van der Waals surface area contributed by atoms with Gasteiger partial charge < -0.3 is 26.2 Å². The molecule has 0 aliphatic carbocycles. The summed E-state index contributed by atoms with van der Waals surface area (Å²) >= 11 is 2.04. The van der Waals surface area contributed by atoms with Crippen LogP contribution in [-0.2, 0) is 30.4 Å². The lowest BCUT2D eigenvalue weighted by Gasteiger charge is -2.24. The number of carbonyl (C=O) groups excluding carboxylic acids is 4. The van der Waals surface area contributed by atoms with Crippen LogP contribution in [0.2, 0.25) is 0 Å². The van der Waals surface area contributed by atoms with Crippen LogP contribution in [0, 0.1) is 9.49 Å². The van der Waals surface area contributed by atoms with Crippen molar-refractivity contribution in [2.45, 2.75) is 122 Å². The molecule has 2 aromatic carbocycles. The maximum atomic E-state index is 13.7. The van der Waals surface area contributed by atoms with Gasteiger partial charge in [-0.3, -0.25) is 19.2 Å². The summed E-state index contributed by atoms with van der Waals surface area (Å²) in [6, 6.07) is 12.3. The molecule has 0 spiro atoms. The molecule has 0 bridgehead atoms. The number of halogens is 1. The number of nitrogens with one attached hydrogen (secondary N) is 3. The van der Waals surface area contributed by atoms with Gasteiger partial charge >= 0.3 is 5.97 Å². The van der Waals surface area contributed by atoms with Gasteiger partial charge in [0.1, 0.15) is 17.6 Å². The molecule has 2 aromatic rings. The van der Waals surface area contributed by atoms with Crippen molar-refractivity contribution < 1.29 is 34.2 Å². The normalized spacial score (nSPS) is 13.1. The third-order valence-electron chi connectivity index (χ3n) is 8.38. The third kappa shape index (κ3) is 16.3. The number of unbranched alkanes of at least 4 members (excludes halogenated alkanes) is 4. The number of carbonyl (C=O) groups is 5. The van der Waals surface area contributed by atoms with Gasteiger partial charge in [0, 0.05) is 37.8 Å². The van der Waals surface area contributed by atoms with E-state index in [2.05, 4.69) is 16.0 Å². The Bertz CT molecular complexity index is 1370. The van der Waals surface area contributed by atoms with Crippen molar-refractivity contribution in [3.8, 4) is 5.75 Å². The number of hydrogen-bond donors (Lipinski definition) is 5. The summed E-state index contributed by atoms with van der Waals surface area (Å²) in [4.78, 5) is 63.4. The smallest absolute Gasteiger partial charge is 0.326 e. The van der Waals surface area contributed by atoms with Crippen molar-refractivity contribution in [1.29, 1.82) is 0 Å². The van der Waals surface area contributed by atoms with E-state index in [1.807, 2.05) is 62.4 Å². The molecule has 0 saturated heterocycles. The molecule has 2 rings (SSSR count). The summed E-state index contributed by atoms with van der Waals surface area (Å²) < 4.78 is 0.674. The van der Waals surface area contributed by atoms with E-state index in [4.69, 9.17) is 0 Å². The van der Waals surface area contributed by atoms with Crippen LogP contribution >= 0.6 is 22.6 Å². The van der Waals surface area contributed by atoms with E-state index in [9.17, 15) is 34.2 Å². The highest BCUT2D eigenvalue weighted by molar-refractivity contribution is 14.1. The maximum absolute atomic E-state index is 13.7. The van der Waals surface area contributed by atoms with Crippen molar-refractivity contribution in [2.24, 2.45) is 5.92 Å². The second-order valence-corrected chi connectivity index (χ2v) is 14.4. The van der Waals surface area contributed by atoms with Crippen LogP contribution in [0.1, 0.15) is 109 Å². The van der Waals surface area contributed by atoms with Crippen molar-refractivity contribution in [2.75, 3.05) is 6.54 Å². The first-order chi connectivity index (χ1) is 23.3. The number of Topliss-reactive ketones (excluding diaryl/α,β-unsaturated/α-hetero) is 2. The third-order valence-corrected chi connectivity index (χ3v) is 9.24. The van der Waals surface area contributed by atoms with E-state index in [1.165, 1.54) is 0 Å². The van der Waals surface area contributed by atoms with Crippen molar-refractivity contribution >= 4 is 51.9 Å². The van der Waals surface area contributed by atoms with Crippen LogP contribution in [0.25, 0.3) is 0 Å². The number of aromatic hydroxyl groups is 1. The van der Waals surface area contributed by atoms with E-state index in [1.54, 1.807) is 36.4 Å². The number of benzene rings is 2. The lowest BCUT2D eigenvalue weighted by atomic mass is 9.88. The van der Waals surface area contributed by atoms with Gasteiger partial charge in [-0.2, -0.15) is 0 Å². The average molecular weight is 792 g/mol. The highest BCUT2D eigenvalue weighted by Crippen LogP contribution is 2.24. The van der Waals surface area contributed by atoms with Crippen molar-refractivity contribution in [3.05, 3.63) is 63.2 Å². The number of carboxylic acid groups (broad SMARTS) is 1. The summed E-state index contributed by atoms with van der Waals surface area (Å²) in [5.41, 5.74) is 1.48. The molecule has 0 aromatic heterocycles. The van der Waals surface area contributed by atoms with Gasteiger partial charge in [-0.25, -0.2) is 4.79 Å². The molecule has 0 fully saturated rings. The molecule has 0 saturated carbocycles. The Balaban J connectivity index is 1.92. The van der Waals surface area contributed by atoms with Crippen LogP contribution < -0.4 is 16.0 Å². The molecule has 0 heterocycles. The molecule has 49 heavy (non-hydrogen) atoms. The monoisotopic (exact) mass is 791 g/mol. The molecular weight excluding hydrogens is 737 g/mol. The number of amides is 2. The number of hydrogen-bond acceptors (Lipinski definition) is 7. The molecule has 10 nitrogen and oxygen atoms in total. The second kappa shape index (κ2) is 22.4. The molecular formula is C38H54IN3O7. The summed E-state index contributed by atoms with van der Waals surface area (Å²) in [5.74, 6) is -2.31. The fourth-order valence-electron chi connectivity index (χ4n) is 5.52. The van der Waals surface area contributed by atoms with Crippen molar-refractivity contribution in [1.82, 2.24) is 16.0 Å². The van der Waals surface area contributed by atoms with Gasteiger partial charge in [0.2, 0.25) is 11.8 Å². The van der Waals surface area contributed by atoms with Gasteiger partial charge in [0.25, 0.3) is 0 Å². The lowest BCUT2D eigenvalue weighted by molar-refractivity contribution is -0.142. The largest absolute Gasteiger partial charge is 0.507 e. The number of carboxylic acids is 1. The van der Waals surface area contributed by atoms with Gasteiger partial charge in [0.15, 0.2) is 5.78 Å². The molecule has 1 unspecified atom stereocenters. The molecule has 0 aliphatic heterocycles. The minimum Gasteiger partial charge on any atom is -0.507 e. The Morgan fingerprint density at radius 3 is 2.08 bits per heavy atom. The summed E-state index contributed by atoms with van der Waals surface area (Å²) in [6.07, 6.45) is 5.86. The zero-order valence-corrected chi connectivity index (χ0v) is 31.5. The number of aliphatic carboxylic acids is 1. The fourth-order valence-corrected chi connectivity index (χ4v) is 6.10. The Morgan fingerprint density at radius 1 is 0.796 bits per heavy atom. The minimum absolute atomic E-state index is 0.00668. The highest BCUT2D eigenvalue weighted by Gasteiger charge is 2.31. The first-order valence-electron chi connectivity index (χ1n) is 17.4. The van der Waals surface area contributed by atoms with E-state index in [0.717, 1.165) is 31.2 Å². The minimum atomic E-state index is -1.16. The molecule has 0 aliphatic rings. The van der Waals surface area contributed by atoms with Crippen LogP contribution in [0.3, 0.4) is 0 Å². The average Bonchev–Trinajstić information content (AvgIpc) is 3.05. The maximum Gasteiger partial charge on any atom is 0.326 e. The molecule has 3 atom stereocenters. The predicted octanol–water partition coefficient (Wildman–Crippen LogP) is 6.07. The zero-order valence-electron chi connectivity index (χ0n) is 29.3. The van der Waals surface area contributed by atoms with Gasteiger partial charge in [-0.05, 0) is 84.4 Å². The molecule has 5 N–H and O–H groups in total.